The first-order valence-electron chi connectivity index (χ1n) is 6.40. The lowest BCUT2D eigenvalue weighted by Crippen LogP contribution is -2.59. The lowest BCUT2D eigenvalue weighted by atomic mass is 9.99. The van der Waals surface area contributed by atoms with E-state index in [0.29, 0.717) is 12.0 Å². The SMILES string of the molecule is CCC1NC(=O)C(c2ccccc2)N(CCF)C1=O. The van der Waals surface area contributed by atoms with Gasteiger partial charge in [0, 0.05) is 0 Å². The Morgan fingerprint density at radius 1 is 1.26 bits per heavy atom. The van der Waals surface area contributed by atoms with Crippen LogP contribution in [0, 0.1) is 0 Å². The number of nitrogens with zero attached hydrogens (tertiary/aromatic N) is 1. The van der Waals surface area contributed by atoms with Gasteiger partial charge in [-0.3, -0.25) is 9.59 Å². The third-order valence-corrected chi connectivity index (χ3v) is 3.31. The Balaban J connectivity index is 2.34. The van der Waals surface area contributed by atoms with Gasteiger partial charge in [-0.1, -0.05) is 37.3 Å². The van der Waals surface area contributed by atoms with Crippen molar-refractivity contribution in [1.82, 2.24) is 10.2 Å². The van der Waals surface area contributed by atoms with Crippen LogP contribution in [0.4, 0.5) is 4.39 Å². The van der Waals surface area contributed by atoms with Gasteiger partial charge in [0.05, 0.1) is 6.54 Å². The first-order chi connectivity index (χ1) is 9.19. The maximum absolute atomic E-state index is 12.7. The maximum atomic E-state index is 12.7. The van der Waals surface area contributed by atoms with Crippen LogP contribution in [0.15, 0.2) is 30.3 Å². The molecule has 2 unspecified atom stereocenters. The summed E-state index contributed by atoms with van der Waals surface area (Å²) in [5.41, 5.74) is 0.705. The first-order valence-corrected chi connectivity index (χ1v) is 6.40. The van der Waals surface area contributed by atoms with Crippen LogP contribution in [0.1, 0.15) is 24.9 Å². The van der Waals surface area contributed by atoms with E-state index < -0.39 is 18.8 Å². The maximum Gasteiger partial charge on any atom is 0.248 e. The van der Waals surface area contributed by atoms with Gasteiger partial charge in [-0.15, -0.1) is 0 Å². The molecule has 1 aliphatic heterocycles. The molecule has 0 radical (unpaired) electrons. The molecular weight excluding hydrogens is 247 g/mol. The smallest absolute Gasteiger partial charge is 0.248 e. The van der Waals surface area contributed by atoms with Gasteiger partial charge in [-0.2, -0.15) is 0 Å². The molecule has 1 heterocycles. The van der Waals surface area contributed by atoms with E-state index in [-0.39, 0.29) is 18.4 Å². The standard InChI is InChI=1S/C14H17FN2O2/c1-2-11-14(19)17(9-8-15)12(13(18)16-11)10-6-4-3-5-7-10/h3-7,11-12H,2,8-9H2,1H3,(H,16,18). The molecule has 2 amide bonds. The van der Waals surface area contributed by atoms with Crippen LogP contribution in [-0.4, -0.2) is 36.0 Å². The topological polar surface area (TPSA) is 49.4 Å². The van der Waals surface area contributed by atoms with Crippen LogP contribution >= 0.6 is 0 Å². The molecule has 1 aromatic carbocycles. The second-order valence-electron chi connectivity index (χ2n) is 4.50. The van der Waals surface area contributed by atoms with Gasteiger partial charge in [0.15, 0.2) is 0 Å². The van der Waals surface area contributed by atoms with Gasteiger partial charge >= 0.3 is 0 Å². The molecule has 1 N–H and O–H groups in total. The molecule has 1 aromatic rings. The minimum absolute atomic E-state index is 0.0533. The van der Waals surface area contributed by atoms with E-state index in [9.17, 15) is 14.0 Å². The van der Waals surface area contributed by atoms with Crippen molar-refractivity contribution in [2.45, 2.75) is 25.4 Å². The Labute approximate surface area is 111 Å². The van der Waals surface area contributed by atoms with Gasteiger partial charge in [0.1, 0.15) is 18.8 Å². The molecule has 0 aromatic heterocycles. The van der Waals surface area contributed by atoms with Crippen LogP contribution in [0.3, 0.4) is 0 Å². The number of amides is 2. The molecular formula is C14H17FN2O2. The summed E-state index contributed by atoms with van der Waals surface area (Å²) in [5, 5.41) is 2.70. The summed E-state index contributed by atoms with van der Waals surface area (Å²) >= 11 is 0. The van der Waals surface area contributed by atoms with E-state index in [0.717, 1.165) is 0 Å². The summed E-state index contributed by atoms with van der Waals surface area (Å²) in [6, 6.07) is 7.70. The minimum Gasteiger partial charge on any atom is -0.342 e. The zero-order valence-corrected chi connectivity index (χ0v) is 10.8. The number of rotatable bonds is 4. The van der Waals surface area contributed by atoms with Crippen LogP contribution < -0.4 is 5.32 Å². The molecule has 4 nitrogen and oxygen atoms in total. The van der Waals surface area contributed by atoms with Crippen LogP contribution in [-0.2, 0) is 9.59 Å². The summed E-state index contributed by atoms with van der Waals surface area (Å²) in [6.07, 6.45) is 0.509. The minimum atomic E-state index is -0.729. The van der Waals surface area contributed by atoms with Gasteiger partial charge < -0.3 is 10.2 Å². The Bertz CT molecular complexity index is 464. The fourth-order valence-electron chi connectivity index (χ4n) is 2.36. The molecule has 1 aliphatic rings. The van der Waals surface area contributed by atoms with Crippen molar-refractivity contribution in [1.29, 1.82) is 0 Å². The van der Waals surface area contributed by atoms with Crippen molar-refractivity contribution in [3.63, 3.8) is 0 Å². The molecule has 0 aliphatic carbocycles. The summed E-state index contributed by atoms with van der Waals surface area (Å²) in [7, 11) is 0. The predicted molar refractivity (Wildman–Crippen MR) is 69.1 cm³/mol. The largest absolute Gasteiger partial charge is 0.342 e. The highest BCUT2D eigenvalue weighted by Crippen LogP contribution is 2.25. The van der Waals surface area contributed by atoms with Crippen molar-refractivity contribution in [2.75, 3.05) is 13.2 Å². The number of hydrogen-bond donors (Lipinski definition) is 1. The van der Waals surface area contributed by atoms with Gasteiger partial charge in [-0.05, 0) is 12.0 Å². The average Bonchev–Trinajstić information content (AvgIpc) is 2.44. The highest BCUT2D eigenvalue weighted by Gasteiger charge is 2.40. The predicted octanol–water partition coefficient (Wildman–Crippen LogP) is 1.43. The number of alkyl halides is 1. The van der Waals surface area contributed by atoms with Crippen LogP contribution in [0.2, 0.25) is 0 Å². The molecule has 2 rings (SSSR count). The summed E-state index contributed by atoms with van der Waals surface area (Å²) in [6.45, 7) is 1.11. The zero-order chi connectivity index (χ0) is 13.8. The quantitative estimate of drug-likeness (QED) is 0.894. The number of piperazine rings is 1. The average molecular weight is 264 g/mol. The molecule has 19 heavy (non-hydrogen) atoms. The summed E-state index contributed by atoms with van der Waals surface area (Å²) in [5.74, 6) is -0.459. The number of halogens is 1. The van der Waals surface area contributed by atoms with Gasteiger partial charge in [0.25, 0.3) is 0 Å². The van der Waals surface area contributed by atoms with Crippen molar-refractivity contribution in [3.05, 3.63) is 35.9 Å². The highest BCUT2D eigenvalue weighted by molar-refractivity contribution is 5.97. The molecule has 1 fully saturated rings. The normalized spacial score (nSPS) is 23.4. The Hall–Kier alpha value is -1.91. The number of carbonyl (C=O) groups excluding carboxylic acids is 2. The second-order valence-corrected chi connectivity index (χ2v) is 4.50. The highest BCUT2D eigenvalue weighted by atomic mass is 19.1. The lowest BCUT2D eigenvalue weighted by Gasteiger charge is -2.38. The number of hydrogen-bond acceptors (Lipinski definition) is 2. The third-order valence-electron chi connectivity index (χ3n) is 3.31. The zero-order valence-electron chi connectivity index (χ0n) is 10.8. The Morgan fingerprint density at radius 3 is 2.53 bits per heavy atom. The number of benzene rings is 1. The van der Waals surface area contributed by atoms with Crippen molar-refractivity contribution in [2.24, 2.45) is 0 Å². The van der Waals surface area contributed by atoms with Crippen LogP contribution in [0.5, 0.6) is 0 Å². The van der Waals surface area contributed by atoms with E-state index >= 15 is 0 Å². The van der Waals surface area contributed by atoms with Crippen molar-refractivity contribution < 1.29 is 14.0 Å². The fraction of sp³-hybridized carbons (Fsp3) is 0.429. The van der Waals surface area contributed by atoms with E-state index in [2.05, 4.69) is 5.32 Å². The fourth-order valence-corrected chi connectivity index (χ4v) is 2.36. The Kier molecular flexibility index (Phi) is 4.14. The molecule has 2 atom stereocenters. The first kappa shape index (κ1) is 13.5. The van der Waals surface area contributed by atoms with Gasteiger partial charge in [-0.25, -0.2) is 4.39 Å². The van der Waals surface area contributed by atoms with E-state index in [1.54, 1.807) is 24.3 Å². The summed E-state index contributed by atoms with van der Waals surface area (Å²) in [4.78, 5) is 25.7. The van der Waals surface area contributed by atoms with E-state index in [1.165, 1.54) is 4.90 Å². The van der Waals surface area contributed by atoms with Crippen molar-refractivity contribution in [3.8, 4) is 0 Å². The third kappa shape index (κ3) is 2.59. The van der Waals surface area contributed by atoms with Crippen LogP contribution in [0.25, 0.3) is 0 Å². The van der Waals surface area contributed by atoms with Crippen molar-refractivity contribution >= 4 is 11.8 Å². The summed E-state index contributed by atoms with van der Waals surface area (Å²) < 4.78 is 12.7. The number of nitrogens with one attached hydrogen (secondary N) is 1. The molecule has 5 heteroatoms. The molecule has 0 saturated carbocycles. The second kappa shape index (κ2) is 5.82. The lowest BCUT2D eigenvalue weighted by molar-refractivity contribution is -0.150. The van der Waals surface area contributed by atoms with E-state index in [1.807, 2.05) is 13.0 Å². The molecule has 1 saturated heterocycles. The molecule has 102 valence electrons. The van der Waals surface area contributed by atoms with E-state index in [4.69, 9.17) is 0 Å². The molecule has 0 spiro atoms. The number of carbonyl (C=O) groups is 2. The molecule has 0 bridgehead atoms. The van der Waals surface area contributed by atoms with Gasteiger partial charge in [0.2, 0.25) is 11.8 Å². The monoisotopic (exact) mass is 264 g/mol. The Morgan fingerprint density at radius 2 is 1.95 bits per heavy atom.